The number of aliphatic hydroxyl groups is 1. The van der Waals surface area contributed by atoms with Crippen molar-refractivity contribution >= 4 is 17.4 Å². The lowest BCUT2D eigenvalue weighted by atomic mass is 9.84. The molecule has 0 bridgehead atoms. The van der Waals surface area contributed by atoms with E-state index in [1.165, 1.54) is 48.5 Å². The molecule has 2 aromatic carbocycles. The van der Waals surface area contributed by atoms with Crippen LogP contribution < -0.4 is 5.32 Å². The maximum Gasteiger partial charge on any atom is 0.351 e. The molecule has 0 fully saturated rings. The van der Waals surface area contributed by atoms with Crippen molar-refractivity contribution in [3.8, 4) is 0 Å². The maximum atomic E-state index is 14.7. The highest BCUT2D eigenvalue weighted by Crippen LogP contribution is 2.47. The van der Waals surface area contributed by atoms with Crippen molar-refractivity contribution in [2.24, 2.45) is 0 Å². The summed E-state index contributed by atoms with van der Waals surface area (Å²) in [6, 6.07) is 12.4. The van der Waals surface area contributed by atoms with Gasteiger partial charge in [-0.15, -0.1) is 0 Å². The predicted octanol–water partition coefficient (Wildman–Crippen LogP) is 2.34. The lowest BCUT2D eigenvalue weighted by molar-refractivity contribution is -0.171. The van der Waals surface area contributed by atoms with Gasteiger partial charge in [-0.25, -0.2) is 0 Å². The molecule has 1 aliphatic rings. The molecule has 0 saturated carbocycles. The molecular formula is C16H11F2NO3. The lowest BCUT2D eigenvalue weighted by Crippen LogP contribution is -2.55. The predicted molar refractivity (Wildman–Crippen MR) is 74.7 cm³/mol. The quantitative estimate of drug-likeness (QED) is 0.855. The number of alkyl halides is 2. The average molecular weight is 303 g/mol. The van der Waals surface area contributed by atoms with Gasteiger partial charge >= 0.3 is 5.92 Å². The van der Waals surface area contributed by atoms with E-state index in [-0.39, 0.29) is 16.8 Å². The highest BCUT2D eigenvalue weighted by molar-refractivity contribution is 6.12. The summed E-state index contributed by atoms with van der Waals surface area (Å²) in [5.41, 5.74) is -3.75. The van der Waals surface area contributed by atoms with E-state index < -0.39 is 23.2 Å². The minimum absolute atomic E-state index is 0.0653. The molecule has 112 valence electrons. The molecule has 0 spiro atoms. The first-order valence-electron chi connectivity index (χ1n) is 6.50. The monoisotopic (exact) mass is 303 g/mol. The number of anilines is 1. The van der Waals surface area contributed by atoms with Crippen LogP contribution in [0.1, 0.15) is 15.9 Å². The van der Waals surface area contributed by atoms with Crippen molar-refractivity contribution in [3.05, 3.63) is 65.7 Å². The maximum absolute atomic E-state index is 14.7. The minimum atomic E-state index is -4.30. The van der Waals surface area contributed by atoms with Gasteiger partial charge in [0, 0.05) is 16.8 Å². The van der Waals surface area contributed by atoms with Gasteiger partial charge in [-0.05, 0) is 6.07 Å². The van der Waals surface area contributed by atoms with E-state index in [0.29, 0.717) is 0 Å². The Balaban J connectivity index is 2.12. The van der Waals surface area contributed by atoms with Gasteiger partial charge < -0.3 is 10.4 Å². The summed E-state index contributed by atoms with van der Waals surface area (Å²) in [6.45, 7) is 0. The van der Waals surface area contributed by atoms with Crippen molar-refractivity contribution in [2.45, 2.75) is 11.5 Å². The number of hydrogen-bond donors (Lipinski definition) is 2. The van der Waals surface area contributed by atoms with Crippen LogP contribution in [0.4, 0.5) is 14.5 Å². The SMILES string of the molecule is O=C(c1ccccc1)C(F)(F)[C@@]1(O)C(=O)Nc2ccccc21. The smallest absolute Gasteiger partial charge is 0.351 e. The Morgan fingerprint density at radius 1 is 1.05 bits per heavy atom. The summed E-state index contributed by atoms with van der Waals surface area (Å²) in [4.78, 5) is 24.1. The van der Waals surface area contributed by atoms with Crippen molar-refractivity contribution in [1.82, 2.24) is 0 Å². The number of benzene rings is 2. The number of halogens is 2. The van der Waals surface area contributed by atoms with Crippen molar-refractivity contribution in [3.63, 3.8) is 0 Å². The van der Waals surface area contributed by atoms with E-state index in [1.807, 2.05) is 0 Å². The first-order chi connectivity index (χ1) is 10.4. The Kier molecular flexibility index (Phi) is 3.07. The number of nitrogens with one attached hydrogen (secondary N) is 1. The van der Waals surface area contributed by atoms with Gasteiger partial charge in [0.05, 0.1) is 0 Å². The van der Waals surface area contributed by atoms with E-state index in [0.717, 1.165) is 0 Å². The number of para-hydroxylation sites is 1. The van der Waals surface area contributed by atoms with Crippen LogP contribution in [0.3, 0.4) is 0 Å². The van der Waals surface area contributed by atoms with Crippen LogP contribution in [0.15, 0.2) is 54.6 Å². The Morgan fingerprint density at radius 2 is 1.64 bits per heavy atom. The highest BCUT2D eigenvalue weighted by atomic mass is 19.3. The Morgan fingerprint density at radius 3 is 2.32 bits per heavy atom. The zero-order valence-electron chi connectivity index (χ0n) is 11.2. The third-order valence-electron chi connectivity index (χ3n) is 3.67. The molecule has 0 radical (unpaired) electrons. The van der Waals surface area contributed by atoms with E-state index in [9.17, 15) is 23.5 Å². The van der Waals surface area contributed by atoms with E-state index in [4.69, 9.17) is 0 Å². The summed E-state index contributed by atoms with van der Waals surface area (Å²) < 4.78 is 29.3. The fraction of sp³-hybridized carbons (Fsp3) is 0.125. The lowest BCUT2D eigenvalue weighted by Gasteiger charge is -2.29. The zero-order chi connectivity index (χ0) is 16.0. The fourth-order valence-corrected chi connectivity index (χ4v) is 2.49. The summed E-state index contributed by atoms with van der Waals surface area (Å²) in [5.74, 6) is -7.23. The number of Topliss-reactive ketones (excluding diaryl/α,β-unsaturated/α-hetero) is 1. The molecule has 0 aromatic heterocycles. The Hall–Kier alpha value is -2.60. The molecule has 1 aliphatic heterocycles. The third-order valence-corrected chi connectivity index (χ3v) is 3.67. The van der Waals surface area contributed by atoms with Crippen LogP contribution >= 0.6 is 0 Å². The second kappa shape index (κ2) is 4.71. The van der Waals surface area contributed by atoms with Gasteiger partial charge in [0.1, 0.15) is 0 Å². The molecule has 22 heavy (non-hydrogen) atoms. The first kappa shape index (κ1) is 14.3. The molecule has 4 nitrogen and oxygen atoms in total. The van der Waals surface area contributed by atoms with Gasteiger partial charge in [0.25, 0.3) is 5.91 Å². The minimum Gasteiger partial charge on any atom is -0.370 e. The number of amides is 1. The van der Waals surface area contributed by atoms with E-state index in [1.54, 1.807) is 6.07 Å². The molecule has 3 rings (SSSR count). The molecule has 0 aliphatic carbocycles. The third kappa shape index (κ3) is 1.77. The van der Waals surface area contributed by atoms with Gasteiger partial charge in [0.2, 0.25) is 11.4 Å². The molecule has 6 heteroatoms. The van der Waals surface area contributed by atoms with Gasteiger partial charge in [0.15, 0.2) is 0 Å². The zero-order valence-corrected chi connectivity index (χ0v) is 11.2. The molecule has 0 saturated heterocycles. The normalized spacial score (nSPS) is 20.4. The van der Waals surface area contributed by atoms with Crippen LogP contribution in [-0.2, 0) is 10.4 Å². The number of ketones is 1. The second-order valence-corrected chi connectivity index (χ2v) is 4.98. The van der Waals surface area contributed by atoms with Crippen molar-refractivity contribution in [1.29, 1.82) is 0 Å². The van der Waals surface area contributed by atoms with Gasteiger partial charge in [-0.1, -0.05) is 48.5 Å². The molecule has 1 atom stereocenters. The van der Waals surface area contributed by atoms with Gasteiger partial charge in [-0.3, -0.25) is 9.59 Å². The van der Waals surface area contributed by atoms with Crippen LogP contribution in [-0.4, -0.2) is 22.7 Å². The number of carbonyl (C=O) groups excluding carboxylic acids is 2. The van der Waals surface area contributed by atoms with E-state index >= 15 is 0 Å². The second-order valence-electron chi connectivity index (χ2n) is 4.98. The van der Waals surface area contributed by atoms with E-state index in [2.05, 4.69) is 5.32 Å². The number of fused-ring (bicyclic) bond motifs is 1. The molecular weight excluding hydrogens is 292 g/mol. The Labute approximate surface area is 124 Å². The summed E-state index contributed by atoms with van der Waals surface area (Å²) in [5, 5.41) is 12.6. The topological polar surface area (TPSA) is 66.4 Å². The van der Waals surface area contributed by atoms with Crippen molar-refractivity contribution in [2.75, 3.05) is 5.32 Å². The number of carbonyl (C=O) groups is 2. The van der Waals surface area contributed by atoms with Crippen LogP contribution in [0, 0.1) is 0 Å². The first-order valence-corrected chi connectivity index (χ1v) is 6.50. The summed E-state index contributed by atoms with van der Waals surface area (Å²) in [6.07, 6.45) is 0. The van der Waals surface area contributed by atoms with Crippen LogP contribution in [0.25, 0.3) is 0 Å². The molecule has 0 unspecified atom stereocenters. The van der Waals surface area contributed by atoms with Gasteiger partial charge in [-0.2, -0.15) is 8.78 Å². The number of hydrogen-bond acceptors (Lipinski definition) is 3. The number of rotatable bonds is 3. The highest BCUT2D eigenvalue weighted by Gasteiger charge is 2.67. The largest absolute Gasteiger partial charge is 0.370 e. The summed E-state index contributed by atoms with van der Waals surface area (Å²) >= 11 is 0. The molecule has 1 heterocycles. The van der Waals surface area contributed by atoms with Crippen LogP contribution in [0.5, 0.6) is 0 Å². The summed E-state index contributed by atoms with van der Waals surface area (Å²) in [7, 11) is 0. The average Bonchev–Trinajstić information content (AvgIpc) is 2.80. The molecule has 2 aromatic rings. The fourth-order valence-electron chi connectivity index (χ4n) is 2.49. The Bertz CT molecular complexity index is 761. The van der Waals surface area contributed by atoms with Crippen molar-refractivity contribution < 1.29 is 23.5 Å². The molecule has 1 amide bonds. The molecule has 2 N–H and O–H groups in total. The van der Waals surface area contributed by atoms with Crippen LogP contribution in [0.2, 0.25) is 0 Å². The standard InChI is InChI=1S/C16H11F2NO3/c17-16(18,13(20)10-6-2-1-3-7-10)15(22)11-8-4-5-9-12(11)19-14(15)21/h1-9,22H,(H,19,21)/t15-/m0/s1.